The third-order valence-corrected chi connectivity index (χ3v) is 4.69. The topological polar surface area (TPSA) is 71.5 Å². The van der Waals surface area contributed by atoms with Gasteiger partial charge in [0, 0.05) is 12.1 Å². The molecule has 0 saturated heterocycles. The van der Waals surface area contributed by atoms with Crippen LogP contribution >= 0.6 is 0 Å². The average Bonchev–Trinajstić information content (AvgIpc) is 2.98. The predicted molar refractivity (Wildman–Crippen MR) is 99.3 cm³/mol. The van der Waals surface area contributed by atoms with E-state index in [4.69, 9.17) is 4.74 Å². The molecule has 1 amide bonds. The maximum Gasteiger partial charge on any atom is 0.412 e. The molecular formula is C21H18N2O3. The molecule has 2 N–H and O–H groups in total. The van der Waals surface area contributed by atoms with Crippen LogP contribution < -0.4 is 5.32 Å². The number of ether oxygens (including phenoxy) is 1. The molecule has 1 aromatic heterocycles. The number of pyridine rings is 1. The molecule has 0 unspecified atom stereocenters. The molecule has 0 bridgehead atoms. The number of hydrogen-bond acceptors (Lipinski definition) is 4. The van der Waals surface area contributed by atoms with Crippen LogP contribution in [0.15, 0.2) is 60.8 Å². The number of carbonyl (C=O) groups excluding carboxylic acids is 1. The molecule has 130 valence electrons. The fraction of sp³-hybridized carbons (Fsp3) is 0.143. The first-order valence-corrected chi connectivity index (χ1v) is 8.41. The first kappa shape index (κ1) is 16.1. The van der Waals surface area contributed by atoms with Gasteiger partial charge in [-0.2, -0.15) is 0 Å². The van der Waals surface area contributed by atoms with Gasteiger partial charge >= 0.3 is 6.09 Å². The lowest BCUT2D eigenvalue weighted by Gasteiger charge is -2.14. The highest BCUT2D eigenvalue weighted by Gasteiger charge is 2.29. The lowest BCUT2D eigenvalue weighted by Crippen LogP contribution is -2.18. The molecule has 0 radical (unpaired) electrons. The van der Waals surface area contributed by atoms with Crippen LogP contribution in [0.4, 0.5) is 10.6 Å². The number of fused-ring (bicyclic) bond motifs is 3. The first-order chi connectivity index (χ1) is 12.6. The third kappa shape index (κ3) is 2.77. The van der Waals surface area contributed by atoms with Gasteiger partial charge in [0.25, 0.3) is 0 Å². The summed E-state index contributed by atoms with van der Waals surface area (Å²) in [6, 6.07) is 18.0. The van der Waals surface area contributed by atoms with Crippen molar-refractivity contribution < 1.29 is 14.6 Å². The van der Waals surface area contributed by atoms with Gasteiger partial charge < -0.3 is 9.84 Å². The second kappa shape index (κ2) is 6.52. The van der Waals surface area contributed by atoms with Gasteiger partial charge in [0.2, 0.25) is 0 Å². The highest BCUT2D eigenvalue weighted by atomic mass is 16.5. The maximum absolute atomic E-state index is 12.2. The molecule has 1 heterocycles. The summed E-state index contributed by atoms with van der Waals surface area (Å²) in [4.78, 5) is 16.1. The summed E-state index contributed by atoms with van der Waals surface area (Å²) < 4.78 is 5.44. The van der Waals surface area contributed by atoms with E-state index in [9.17, 15) is 9.90 Å². The number of hydrogen-bond donors (Lipinski definition) is 2. The summed E-state index contributed by atoms with van der Waals surface area (Å²) in [5, 5.41) is 12.5. The zero-order valence-electron chi connectivity index (χ0n) is 14.3. The van der Waals surface area contributed by atoms with E-state index in [1.54, 1.807) is 13.0 Å². The van der Waals surface area contributed by atoms with Crippen molar-refractivity contribution in [2.75, 3.05) is 11.9 Å². The Hall–Kier alpha value is -3.34. The lowest BCUT2D eigenvalue weighted by molar-refractivity contribution is 0.158. The quantitative estimate of drug-likeness (QED) is 0.735. The van der Waals surface area contributed by atoms with Crippen molar-refractivity contribution in [3.8, 4) is 16.9 Å². The summed E-state index contributed by atoms with van der Waals surface area (Å²) in [5.74, 6) is 0.0374. The van der Waals surface area contributed by atoms with Crippen molar-refractivity contribution in [1.29, 1.82) is 0 Å². The van der Waals surface area contributed by atoms with E-state index in [1.807, 2.05) is 24.3 Å². The van der Waals surface area contributed by atoms with E-state index >= 15 is 0 Å². The Morgan fingerprint density at radius 1 is 1.08 bits per heavy atom. The first-order valence-electron chi connectivity index (χ1n) is 8.41. The normalized spacial score (nSPS) is 12.3. The van der Waals surface area contributed by atoms with E-state index < -0.39 is 6.09 Å². The van der Waals surface area contributed by atoms with Gasteiger partial charge in [0.05, 0.1) is 0 Å². The van der Waals surface area contributed by atoms with Gasteiger partial charge in [-0.15, -0.1) is 0 Å². The lowest BCUT2D eigenvalue weighted by atomic mass is 9.98. The van der Waals surface area contributed by atoms with E-state index in [0.29, 0.717) is 5.56 Å². The van der Waals surface area contributed by atoms with Gasteiger partial charge in [-0.1, -0.05) is 48.5 Å². The minimum absolute atomic E-state index is 0.00721. The second-order valence-electron chi connectivity index (χ2n) is 6.28. The largest absolute Gasteiger partial charge is 0.504 e. The average molecular weight is 346 g/mol. The van der Waals surface area contributed by atoms with Crippen molar-refractivity contribution in [3.63, 3.8) is 0 Å². The number of aromatic hydroxyl groups is 1. The van der Waals surface area contributed by atoms with Crippen molar-refractivity contribution in [1.82, 2.24) is 4.98 Å². The fourth-order valence-corrected chi connectivity index (χ4v) is 3.37. The zero-order valence-corrected chi connectivity index (χ0v) is 14.3. The number of aryl methyl sites for hydroxylation is 1. The molecule has 1 aliphatic carbocycles. The molecule has 0 aliphatic heterocycles. The molecule has 26 heavy (non-hydrogen) atoms. The van der Waals surface area contributed by atoms with Gasteiger partial charge in [-0.3, -0.25) is 5.32 Å². The van der Waals surface area contributed by atoms with E-state index in [2.05, 4.69) is 34.6 Å². The third-order valence-electron chi connectivity index (χ3n) is 4.69. The van der Waals surface area contributed by atoms with Crippen molar-refractivity contribution in [3.05, 3.63) is 77.5 Å². The molecule has 4 rings (SSSR count). The highest BCUT2D eigenvalue weighted by molar-refractivity contribution is 5.85. The number of benzene rings is 2. The van der Waals surface area contributed by atoms with Crippen LogP contribution in [0.1, 0.15) is 22.6 Å². The van der Waals surface area contributed by atoms with Crippen LogP contribution in [0.5, 0.6) is 5.75 Å². The minimum Gasteiger partial charge on any atom is -0.504 e. The molecular weight excluding hydrogens is 328 g/mol. The molecule has 0 spiro atoms. The summed E-state index contributed by atoms with van der Waals surface area (Å²) in [5.41, 5.74) is 5.29. The summed E-state index contributed by atoms with van der Waals surface area (Å²) in [7, 11) is 0. The fourth-order valence-electron chi connectivity index (χ4n) is 3.37. The van der Waals surface area contributed by atoms with Gasteiger partial charge in [-0.25, -0.2) is 9.78 Å². The number of aromatic nitrogens is 1. The van der Waals surface area contributed by atoms with Crippen molar-refractivity contribution >= 4 is 11.9 Å². The number of rotatable bonds is 3. The van der Waals surface area contributed by atoms with Crippen LogP contribution in [-0.2, 0) is 4.74 Å². The second-order valence-corrected chi connectivity index (χ2v) is 6.28. The molecule has 5 heteroatoms. The Labute approximate surface area is 151 Å². The Kier molecular flexibility index (Phi) is 4.05. The summed E-state index contributed by atoms with van der Waals surface area (Å²) >= 11 is 0. The number of anilines is 1. The summed E-state index contributed by atoms with van der Waals surface area (Å²) in [6.07, 6.45) is 0.883. The van der Waals surface area contributed by atoms with Crippen LogP contribution in [0.2, 0.25) is 0 Å². The smallest absolute Gasteiger partial charge is 0.412 e. The number of amides is 1. The SMILES string of the molecule is Cc1ccnc(NC(=O)OCC2c3ccccc3-c3ccccc32)c1O. The number of carbonyl (C=O) groups is 1. The standard InChI is InChI=1S/C21H18N2O3/c1-13-10-11-22-20(19(13)24)23-21(25)26-12-18-16-8-4-2-6-14(16)15-7-3-5-9-17(15)18/h2-11,18,24H,12H2,1H3,(H,22,23,25). The molecule has 5 nitrogen and oxygen atoms in total. The van der Waals surface area contributed by atoms with Crippen LogP contribution in [0.25, 0.3) is 11.1 Å². The van der Waals surface area contributed by atoms with E-state index in [1.165, 1.54) is 17.3 Å². The number of nitrogens with zero attached hydrogens (tertiary/aromatic N) is 1. The van der Waals surface area contributed by atoms with E-state index in [0.717, 1.165) is 11.1 Å². The molecule has 2 aromatic carbocycles. The van der Waals surface area contributed by atoms with Crippen LogP contribution in [-0.4, -0.2) is 22.8 Å². The van der Waals surface area contributed by atoms with Crippen molar-refractivity contribution in [2.24, 2.45) is 0 Å². The van der Waals surface area contributed by atoms with E-state index in [-0.39, 0.29) is 24.1 Å². The minimum atomic E-state index is -0.639. The Balaban J connectivity index is 1.51. The molecule has 1 aliphatic rings. The summed E-state index contributed by atoms with van der Waals surface area (Å²) in [6.45, 7) is 1.95. The van der Waals surface area contributed by atoms with Crippen molar-refractivity contribution in [2.45, 2.75) is 12.8 Å². The Bertz CT molecular complexity index is 939. The number of nitrogens with one attached hydrogen (secondary N) is 1. The molecule has 0 saturated carbocycles. The maximum atomic E-state index is 12.2. The highest BCUT2D eigenvalue weighted by Crippen LogP contribution is 2.44. The van der Waals surface area contributed by atoms with Crippen LogP contribution in [0, 0.1) is 6.92 Å². The zero-order chi connectivity index (χ0) is 18.1. The van der Waals surface area contributed by atoms with Gasteiger partial charge in [0.1, 0.15) is 6.61 Å². The molecule has 0 atom stereocenters. The Morgan fingerprint density at radius 2 is 1.69 bits per heavy atom. The van der Waals surface area contributed by atoms with Gasteiger partial charge in [0.15, 0.2) is 11.6 Å². The monoisotopic (exact) mass is 346 g/mol. The van der Waals surface area contributed by atoms with Gasteiger partial charge in [-0.05, 0) is 40.8 Å². The predicted octanol–water partition coefficient (Wildman–Crippen LogP) is 4.46. The van der Waals surface area contributed by atoms with Crippen LogP contribution in [0.3, 0.4) is 0 Å². The molecule has 3 aromatic rings. The molecule has 0 fully saturated rings. The Morgan fingerprint density at radius 3 is 2.35 bits per heavy atom.